The molecular weight excluding hydrogens is 284 g/mol. The van der Waals surface area contributed by atoms with E-state index in [0.29, 0.717) is 18.4 Å². The van der Waals surface area contributed by atoms with Gasteiger partial charge in [-0.3, -0.25) is 0 Å². The minimum absolute atomic E-state index is 0.193. The largest absolute Gasteiger partial charge is 0.348 e. The van der Waals surface area contributed by atoms with Gasteiger partial charge in [-0.2, -0.15) is 15.0 Å². The molecule has 0 aliphatic rings. The molecule has 102 valence electrons. The van der Waals surface area contributed by atoms with E-state index in [4.69, 9.17) is 11.6 Å². The fourth-order valence-corrected chi connectivity index (χ4v) is 2.27. The topological polar surface area (TPSA) is 66.8 Å². The summed E-state index contributed by atoms with van der Waals surface area (Å²) in [6.45, 7) is 6.31. The van der Waals surface area contributed by atoms with Gasteiger partial charge in [0.15, 0.2) is 0 Å². The Balaban J connectivity index is 2.12. The lowest BCUT2D eigenvalue weighted by atomic mass is 10.5. The highest BCUT2D eigenvalue weighted by Crippen LogP contribution is 2.14. The summed E-state index contributed by atoms with van der Waals surface area (Å²) < 4.78 is 0. The molecule has 0 saturated heterocycles. The van der Waals surface area contributed by atoms with E-state index < -0.39 is 0 Å². The van der Waals surface area contributed by atoms with Crippen molar-refractivity contribution in [2.24, 2.45) is 0 Å². The number of thiazole rings is 1. The molecule has 0 saturated carbocycles. The lowest BCUT2D eigenvalue weighted by molar-refractivity contribution is 0.811. The van der Waals surface area contributed by atoms with Crippen molar-refractivity contribution in [2.75, 3.05) is 23.3 Å². The van der Waals surface area contributed by atoms with Crippen LogP contribution in [0.1, 0.15) is 18.9 Å². The Labute approximate surface area is 120 Å². The van der Waals surface area contributed by atoms with E-state index in [1.807, 2.05) is 24.1 Å². The van der Waals surface area contributed by atoms with Crippen LogP contribution in [0.3, 0.4) is 0 Å². The Morgan fingerprint density at radius 2 is 2.05 bits per heavy atom. The van der Waals surface area contributed by atoms with E-state index in [2.05, 4.69) is 25.3 Å². The van der Waals surface area contributed by atoms with E-state index in [-0.39, 0.29) is 5.28 Å². The van der Waals surface area contributed by atoms with Gasteiger partial charge in [0.25, 0.3) is 0 Å². The van der Waals surface area contributed by atoms with Crippen LogP contribution in [-0.2, 0) is 6.54 Å². The third kappa shape index (κ3) is 3.74. The molecule has 2 aromatic heterocycles. The highest BCUT2D eigenvalue weighted by molar-refractivity contribution is 7.09. The minimum atomic E-state index is 0.193. The summed E-state index contributed by atoms with van der Waals surface area (Å²) in [6, 6.07) is 0. The van der Waals surface area contributed by atoms with Crippen molar-refractivity contribution < 1.29 is 0 Å². The van der Waals surface area contributed by atoms with Gasteiger partial charge >= 0.3 is 0 Å². The zero-order valence-electron chi connectivity index (χ0n) is 10.8. The van der Waals surface area contributed by atoms with Crippen LogP contribution in [0.5, 0.6) is 0 Å². The van der Waals surface area contributed by atoms with Gasteiger partial charge in [-0.15, -0.1) is 11.3 Å². The van der Waals surface area contributed by atoms with Crippen LogP contribution in [0.2, 0.25) is 5.28 Å². The Hall–Kier alpha value is -1.47. The molecule has 0 aliphatic carbocycles. The zero-order valence-corrected chi connectivity index (χ0v) is 12.4. The van der Waals surface area contributed by atoms with Gasteiger partial charge in [-0.1, -0.05) is 0 Å². The molecule has 0 amide bonds. The number of hydrogen-bond acceptors (Lipinski definition) is 7. The summed E-state index contributed by atoms with van der Waals surface area (Å²) in [7, 11) is 0. The van der Waals surface area contributed by atoms with Gasteiger partial charge in [-0.25, -0.2) is 4.98 Å². The number of anilines is 2. The van der Waals surface area contributed by atoms with Crippen molar-refractivity contribution in [3.8, 4) is 0 Å². The average molecular weight is 299 g/mol. The first-order valence-electron chi connectivity index (χ1n) is 6.01. The molecular formula is C11H15ClN6S. The highest BCUT2D eigenvalue weighted by atomic mass is 35.5. The smallest absolute Gasteiger partial charge is 0.231 e. The number of aromatic nitrogens is 4. The first kappa shape index (κ1) is 14.0. The monoisotopic (exact) mass is 298 g/mol. The lowest BCUT2D eigenvalue weighted by Gasteiger charge is -2.18. The molecule has 0 aromatic carbocycles. The molecule has 2 rings (SSSR count). The van der Waals surface area contributed by atoms with Crippen LogP contribution < -0.4 is 10.2 Å². The van der Waals surface area contributed by atoms with E-state index in [1.165, 1.54) is 0 Å². The van der Waals surface area contributed by atoms with Crippen LogP contribution in [0.25, 0.3) is 0 Å². The Morgan fingerprint density at radius 3 is 2.68 bits per heavy atom. The molecule has 0 spiro atoms. The third-order valence-corrected chi connectivity index (χ3v) is 3.47. The maximum atomic E-state index is 5.93. The second-order valence-electron chi connectivity index (χ2n) is 3.68. The molecule has 0 unspecified atom stereocenters. The number of rotatable bonds is 6. The summed E-state index contributed by atoms with van der Waals surface area (Å²) in [6.07, 6.45) is 1.77. The summed E-state index contributed by atoms with van der Waals surface area (Å²) >= 11 is 7.50. The number of nitrogens with zero attached hydrogens (tertiary/aromatic N) is 5. The molecule has 0 atom stereocenters. The number of halogens is 1. The van der Waals surface area contributed by atoms with E-state index in [0.717, 1.165) is 18.1 Å². The summed E-state index contributed by atoms with van der Waals surface area (Å²) in [5.74, 6) is 1.06. The third-order valence-electron chi connectivity index (χ3n) is 2.52. The van der Waals surface area contributed by atoms with Crippen LogP contribution in [0.15, 0.2) is 11.6 Å². The van der Waals surface area contributed by atoms with Gasteiger partial charge in [0.05, 0.1) is 6.54 Å². The van der Waals surface area contributed by atoms with E-state index in [1.54, 1.807) is 17.5 Å². The second kappa shape index (κ2) is 6.63. The van der Waals surface area contributed by atoms with Crippen molar-refractivity contribution in [3.05, 3.63) is 21.9 Å². The Kier molecular flexibility index (Phi) is 4.86. The normalized spacial score (nSPS) is 10.5. The quantitative estimate of drug-likeness (QED) is 0.883. The van der Waals surface area contributed by atoms with Gasteiger partial charge in [-0.05, 0) is 25.4 Å². The summed E-state index contributed by atoms with van der Waals surface area (Å²) in [5, 5.41) is 6.20. The summed E-state index contributed by atoms with van der Waals surface area (Å²) in [5.41, 5.74) is 0. The highest BCUT2D eigenvalue weighted by Gasteiger charge is 2.10. The van der Waals surface area contributed by atoms with Crippen LogP contribution in [-0.4, -0.2) is 33.0 Å². The van der Waals surface area contributed by atoms with Crippen molar-refractivity contribution in [3.63, 3.8) is 0 Å². The van der Waals surface area contributed by atoms with Crippen LogP contribution in [0, 0.1) is 0 Å². The standard InChI is InChI=1S/C11H15ClN6S/c1-3-18(4-2)11-16-9(12)15-10(17-11)14-7-8-13-5-6-19-8/h5-6H,3-4,7H2,1-2H3,(H,14,15,16,17). The van der Waals surface area contributed by atoms with Crippen LogP contribution in [0.4, 0.5) is 11.9 Å². The zero-order chi connectivity index (χ0) is 13.7. The van der Waals surface area contributed by atoms with Crippen LogP contribution >= 0.6 is 22.9 Å². The predicted octanol–water partition coefficient (Wildman–Crippen LogP) is 2.44. The molecule has 2 heterocycles. The van der Waals surface area contributed by atoms with E-state index >= 15 is 0 Å². The maximum Gasteiger partial charge on any atom is 0.231 e. The molecule has 6 nitrogen and oxygen atoms in total. The molecule has 0 radical (unpaired) electrons. The summed E-state index contributed by atoms with van der Waals surface area (Å²) in [4.78, 5) is 18.8. The SMILES string of the molecule is CCN(CC)c1nc(Cl)nc(NCc2nccs2)n1. The van der Waals surface area contributed by atoms with Gasteiger partial charge < -0.3 is 10.2 Å². The van der Waals surface area contributed by atoms with Gasteiger partial charge in [0, 0.05) is 24.7 Å². The first-order chi connectivity index (χ1) is 9.22. The van der Waals surface area contributed by atoms with Gasteiger partial charge in [0.2, 0.25) is 17.2 Å². The van der Waals surface area contributed by atoms with Crippen molar-refractivity contribution >= 4 is 34.8 Å². The fraction of sp³-hybridized carbons (Fsp3) is 0.455. The lowest BCUT2D eigenvalue weighted by Crippen LogP contribution is -2.25. The first-order valence-corrected chi connectivity index (χ1v) is 7.27. The predicted molar refractivity (Wildman–Crippen MR) is 77.8 cm³/mol. The number of hydrogen-bond donors (Lipinski definition) is 1. The molecule has 8 heteroatoms. The van der Waals surface area contributed by atoms with Crippen molar-refractivity contribution in [2.45, 2.75) is 20.4 Å². The van der Waals surface area contributed by atoms with Crippen molar-refractivity contribution in [1.29, 1.82) is 0 Å². The second-order valence-corrected chi connectivity index (χ2v) is 5.00. The molecule has 0 aliphatic heterocycles. The molecule has 19 heavy (non-hydrogen) atoms. The minimum Gasteiger partial charge on any atom is -0.348 e. The Bertz CT molecular complexity index is 514. The number of nitrogens with one attached hydrogen (secondary N) is 1. The van der Waals surface area contributed by atoms with Crippen molar-refractivity contribution in [1.82, 2.24) is 19.9 Å². The molecule has 0 fully saturated rings. The van der Waals surface area contributed by atoms with E-state index in [9.17, 15) is 0 Å². The molecule has 0 bridgehead atoms. The maximum absolute atomic E-state index is 5.93. The van der Waals surface area contributed by atoms with Gasteiger partial charge in [0.1, 0.15) is 5.01 Å². The Morgan fingerprint density at radius 1 is 1.26 bits per heavy atom. The fourth-order valence-electron chi connectivity index (χ4n) is 1.56. The average Bonchev–Trinajstić information content (AvgIpc) is 2.90. The molecule has 1 N–H and O–H groups in total. The molecule has 2 aromatic rings.